The first-order chi connectivity index (χ1) is 9.38. The van der Waals surface area contributed by atoms with E-state index in [2.05, 4.69) is 10.0 Å². The Kier molecular flexibility index (Phi) is 5.07. The second-order valence-electron chi connectivity index (χ2n) is 5.65. The van der Waals surface area contributed by atoms with Crippen molar-refractivity contribution in [3.05, 3.63) is 28.8 Å². The normalized spacial score (nSPS) is 15.8. The molecule has 20 heavy (non-hydrogen) atoms. The molecule has 2 rings (SSSR count). The maximum absolute atomic E-state index is 12.2. The molecule has 1 aromatic carbocycles. The second kappa shape index (κ2) is 6.43. The Morgan fingerprint density at radius 1 is 1.35 bits per heavy atom. The maximum Gasteiger partial charge on any atom is 0.240 e. The smallest absolute Gasteiger partial charge is 0.240 e. The third-order valence-corrected chi connectivity index (χ3v) is 4.96. The zero-order valence-corrected chi connectivity index (χ0v) is 13.4. The van der Waals surface area contributed by atoms with Gasteiger partial charge in [0, 0.05) is 24.2 Å². The van der Waals surface area contributed by atoms with E-state index in [1.807, 2.05) is 13.8 Å². The van der Waals surface area contributed by atoms with Gasteiger partial charge < -0.3 is 5.32 Å². The fourth-order valence-corrected chi connectivity index (χ4v) is 3.20. The lowest BCUT2D eigenvalue weighted by Crippen LogP contribution is -2.27. The van der Waals surface area contributed by atoms with Gasteiger partial charge in [0.15, 0.2) is 0 Å². The number of hydrogen-bond acceptors (Lipinski definition) is 3. The highest BCUT2D eigenvalue weighted by Gasteiger charge is 2.21. The van der Waals surface area contributed by atoms with Gasteiger partial charge in [-0.25, -0.2) is 13.1 Å². The van der Waals surface area contributed by atoms with Crippen LogP contribution in [0.5, 0.6) is 0 Å². The van der Waals surface area contributed by atoms with Gasteiger partial charge in [0.2, 0.25) is 10.0 Å². The maximum atomic E-state index is 12.2. The minimum Gasteiger partial charge on any atom is -0.310 e. The largest absolute Gasteiger partial charge is 0.310 e. The first-order valence-electron chi connectivity index (χ1n) is 6.90. The van der Waals surface area contributed by atoms with E-state index in [0.29, 0.717) is 24.2 Å². The Labute approximate surface area is 126 Å². The van der Waals surface area contributed by atoms with Crippen LogP contribution in [0, 0.1) is 5.92 Å². The fourth-order valence-electron chi connectivity index (χ4n) is 1.76. The lowest BCUT2D eigenvalue weighted by molar-refractivity contribution is 0.560. The molecule has 0 atom stereocenters. The third-order valence-electron chi connectivity index (χ3n) is 3.17. The summed E-state index contributed by atoms with van der Waals surface area (Å²) in [4.78, 5) is 0.273. The lowest BCUT2D eigenvalue weighted by atomic mass is 10.2. The first-order valence-corrected chi connectivity index (χ1v) is 8.76. The van der Waals surface area contributed by atoms with Crippen molar-refractivity contribution in [2.75, 3.05) is 6.54 Å². The van der Waals surface area contributed by atoms with Crippen LogP contribution in [-0.4, -0.2) is 21.0 Å². The van der Waals surface area contributed by atoms with Crippen LogP contribution < -0.4 is 10.0 Å². The summed E-state index contributed by atoms with van der Waals surface area (Å²) >= 11 is 6.12. The molecule has 1 fully saturated rings. The van der Waals surface area contributed by atoms with Gasteiger partial charge >= 0.3 is 0 Å². The van der Waals surface area contributed by atoms with E-state index in [9.17, 15) is 8.42 Å². The highest BCUT2D eigenvalue weighted by atomic mass is 35.5. The van der Waals surface area contributed by atoms with Gasteiger partial charge in [0.1, 0.15) is 0 Å². The zero-order valence-electron chi connectivity index (χ0n) is 11.8. The van der Waals surface area contributed by atoms with Crippen LogP contribution in [0.1, 0.15) is 32.3 Å². The van der Waals surface area contributed by atoms with E-state index in [4.69, 9.17) is 11.6 Å². The molecule has 0 aliphatic heterocycles. The van der Waals surface area contributed by atoms with Gasteiger partial charge in [-0.15, -0.1) is 0 Å². The van der Waals surface area contributed by atoms with E-state index in [0.717, 1.165) is 5.56 Å². The van der Waals surface area contributed by atoms with Crippen LogP contribution >= 0.6 is 11.6 Å². The number of sulfonamides is 1. The Hall–Kier alpha value is -0.620. The molecule has 0 unspecified atom stereocenters. The minimum atomic E-state index is -3.45. The molecule has 0 radical (unpaired) electrons. The summed E-state index contributed by atoms with van der Waals surface area (Å²) in [5.74, 6) is 0.271. The van der Waals surface area contributed by atoms with Crippen LogP contribution in [0.3, 0.4) is 0 Å². The Bertz CT molecular complexity index is 569. The van der Waals surface area contributed by atoms with Gasteiger partial charge in [-0.2, -0.15) is 0 Å². The molecule has 1 aliphatic rings. The summed E-state index contributed by atoms with van der Waals surface area (Å²) in [7, 11) is -3.45. The van der Waals surface area contributed by atoms with Crippen molar-refractivity contribution in [1.29, 1.82) is 0 Å². The molecule has 0 heterocycles. The Balaban J connectivity index is 2.12. The molecule has 112 valence electrons. The molecular formula is C14H21ClN2O2S. The van der Waals surface area contributed by atoms with Crippen molar-refractivity contribution in [2.24, 2.45) is 5.92 Å². The first kappa shape index (κ1) is 15.8. The summed E-state index contributed by atoms with van der Waals surface area (Å²) in [5, 5.41) is 3.94. The number of hydrogen-bond donors (Lipinski definition) is 2. The molecule has 1 saturated carbocycles. The highest BCUT2D eigenvalue weighted by molar-refractivity contribution is 7.89. The molecule has 2 N–H and O–H groups in total. The van der Waals surface area contributed by atoms with Crippen molar-refractivity contribution >= 4 is 21.6 Å². The van der Waals surface area contributed by atoms with Gasteiger partial charge in [0.05, 0.1) is 4.90 Å². The van der Waals surface area contributed by atoms with Gasteiger partial charge in [-0.3, -0.25) is 0 Å². The molecule has 1 aliphatic carbocycles. The number of halogens is 1. The van der Waals surface area contributed by atoms with Crippen LogP contribution in [0.2, 0.25) is 5.02 Å². The standard InChI is InChI=1S/C14H21ClN2O2S/c1-10(2)8-17-20(18,19)13-5-6-14(15)11(7-13)9-16-12-3-4-12/h5-7,10,12,16-17H,3-4,8-9H2,1-2H3. The molecule has 6 heteroatoms. The second-order valence-corrected chi connectivity index (χ2v) is 7.83. The van der Waals surface area contributed by atoms with Gasteiger partial charge in [0.25, 0.3) is 0 Å². The van der Waals surface area contributed by atoms with Crippen molar-refractivity contribution < 1.29 is 8.42 Å². The average molecular weight is 317 g/mol. The fraction of sp³-hybridized carbons (Fsp3) is 0.571. The number of rotatable bonds is 7. The Morgan fingerprint density at radius 2 is 2.05 bits per heavy atom. The van der Waals surface area contributed by atoms with Crippen molar-refractivity contribution in [2.45, 2.75) is 44.2 Å². The molecule has 0 spiro atoms. The Morgan fingerprint density at radius 3 is 2.65 bits per heavy atom. The average Bonchev–Trinajstić information content (AvgIpc) is 3.19. The summed E-state index contributed by atoms with van der Waals surface area (Å²) in [6.07, 6.45) is 2.37. The van der Waals surface area contributed by atoms with Crippen molar-refractivity contribution in [3.8, 4) is 0 Å². The summed E-state index contributed by atoms with van der Waals surface area (Å²) in [6, 6.07) is 5.41. The summed E-state index contributed by atoms with van der Waals surface area (Å²) in [5.41, 5.74) is 0.825. The summed E-state index contributed by atoms with van der Waals surface area (Å²) in [6.45, 7) is 4.97. The molecule has 0 aromatic heterocycles. The van der Waals surface area contributed by atoms with Crippen molar-refractivity contribution in [3.63, 3.8) is 0 Å². The van der Waals surface area contributed by atoms with Crippen LogP contribution in [0.15, 0.2) is 23.1 Å². The van der Waals surface area contributed by atoms with Gasteiger partial charge in [-0.05, 0) is 42.5 Å². The van der Waals surface area contributed by atoms with Crippen LogP contribution in [-0.2, 0) is 16.6 Å². The lowest BCUT2D eigenvalue weighted by Gasteiger charge is -2.11. The molecule has 1 aromatic rings. The number of nitrogens with one attached hydrogen (secondary N) is 2. The van der Waals surface area contributed by atoms with Crippen LogP contribution in [0.4, 0.5) is 0 Å². The van der Waals surface area contributed by atoms with Crippen molar-refractivity contribution in [1.82, 2.24) is 10.0 Å². The topological polar surface area (TPSA) is 58.2 Å². The number of benzene rings is 1. The van der Waals surface area contributed by atoms with E-state index < -0.39 is 10.0 Å². The third kappa shape index (κ3) is 4.45. The monoisotopic (exact) mass is 316 g/mol. The molecule has 0 amide bonds. The molecular weight excluding hydrogens is 296 g/mol. The van der Waals surface area contributed by atoms with E-state index in [1.54, 1.807) is 18.2 Å². The van der Waals surface area contributed by atoms with Crippen LogP contribution in [0.25, 0.3) is 0 Å². The summed E-state index contributed by atoms with van der Waals surface area (Å²) < 4.78 is 27.0. The SMILES string of the molecule is CC(C)CNS(=O)(=O)c1ccc(Cl)c(CNC2CC2)c1. The molecule has 0 saturated heterocycles. The minimum absolute atomic E-state index is 0.271. The predicted molar refractivity (Wildman–Crippen MR) is 81.3 cm³/mol. The van der Waals surface area contributed by atoms with Gasteiger partial charge in [-0.1, -0.05) is 25.4 Å². The molecule has 4 nitrogen and oxygen atoms in total. The van der Waals surface area contributed by atoms with E-state index >= 15 is 0 Å². The zero-order chi connectivity index (χ0) is 14.8. The van der Waals surface area contributed by atoms with E-state index in [-0.39, 0.29) is 10.8 Å². The van der Waals surface area contributed by atoms with E-state index in [1.165, 1.54) is 12.8 Å². The molecule has 0 bridgehead atoms. The highest BCUT2D eigenvalue weighted by Crippen LogP contribution is 2.23. The predicted octanol–water partition coefficient (Wildman–Crippen LogP) is 2.53. The quantitative estimate of drug-likeness (QED) is 0.812.